The van der Waals surface area contributed by atoms with Crippen molar-refractivity contribution in [3.05, 3.63) is 35.4 Å². The summed E-state index contributed by atoms with van der Waals surface area (Å²) in [4.78, 5) is 2.36. The molecule has 108 valence electrons. The molecule has 0 aliphatic heterocycles. The van der Waals surface area contributed by atoms with Crippen LogP contribution in [0.4, 0.5) is 0 Å². The Kier molecular flexibility index (Phi) is 6.02. The van der Waals surface area contributed by atoms with Gasteiger partial charge in [-0.15, -0.1) is 0 Å². The van der Waals surface area contributed by atoms with Gasteiger partial charge in [0.25, 0.3) is 0 Å². The van der Waals surface area contributed by atoms with Gasteiger partial charge in [-0.1, -0.05) is 44.5 Å². The van der Waals surface area contributed by atoms with Crippen molar-refractivity contribution < 1.29 is 0 Å². The summed E-state index contributed by atoms with van der Waals surface area (Å²) in [5, 5.41) is 0. The molecule has 0 fully saturated rings. The minimum Gasteiger partial charge on any atom is -0.323 e. The first-order chi connectivity index (χ1) is 8.90. The summed E-state index contributed by atoms with van der Waals surface area (Å²) in [7, 11) is 2.16. The van der Waals surface area contributed by atoms with Crippen LogP contribution in [-0.2, 0) is 6.42 Å². The smallest absolute Gasteiger partial charge is 0.0424 e. The van der Waals surface area contributed by atoms with Crippen molar-refractivity contribution in [1.82, 2.24) is 4.90 Å². The average molecular weight is 262 g/mol. The van der Waals surface area contributed by atoms with Crippen molar-refractivity contribution in [3.63, 3.8) is 0 Å². The molecule has 0 radical (unpaired) electrons. The first-order valence-corrected chi connectivity index (χ1v) is 7.46. The molecule has 0 heterocycles. The molecule has 2 nitrogen and oxygen atoms in total. The molecule has 19 heavy (non-hydrogen) atoms. The Labute approximate surface area is 119 Å². The van der Waals surface area contributed by atoms with Gasteiger partial charge in [0, 0.05) is 18.1 Å². The molecule has 1 atom stereocenters. The molecule has 0 aliphatic carbocycles. The first kappa shape index (κ1) is 16.2. The van der Waals surface area contributed by atoms with E-state index in [1.165, 1.54) is 17.5 Å². The summed E-state index contributed by atoms with van der Waals surface area (Å²) in [6.45, 7) is 9.87. The van der Waals surface area contributed by atoms with Gasteiger partial charge < -0.3 is 5.73 Å². The standard InChI is InChI=1S/C17H30N2/c1-6-8-14-9-11-15(12-10-14)16(18)13-19(5)17(3,4)7-2/h9-12,16H,6-8,13,18H2,1-5H3. The number of nitrogens with zero attached hydrogens (tertiary/aromatic N) is 1. The second-order valence-electron chi connectivity index (χ2n) is 6.14. The molecule has 1 rings (SSSR count). The van der Waals surface area contributed by atoms with Crippen molar-refractivity contribution in [2.24, 2.45) is 5.73 Å². The summed E-state index contributed by atoms with van der Waals surface area (Å²) >= 11 is 0. The van der Waals surface area contributed by atoms with Crippen molar-refractivity contribution in [2.45, 2.75) is 58.5 Å². The van der Waals surface area contributed by atoms with Crippen LogP contribution in [0.25, 0.3) is 0 Å². The van der Waals surface area contributed by atoms with E-state index in [0.29, 0.717) is 0 Å². The monoisotopic (exact) mass is 262 g/mol. The highest BCUT2D eigenvalue weighted by Gasteiger charge is 2.22. The van der Waals surface area contributed by atoms with E-state index in [9.17, 15) is 0 Å². The highest BCUT2D eigenvalue weighted by molar-refractivity contribution is 5.25. The Balaban J connectivity index is 2.65. The number of rotatable bonds is 7. The van der Waals surface area contributed by atoms with Crippen LogP contribution in [0, 0.1) is 0 Å². The van der Waals surface area contributed by atoms with Crippen LogP contribution in [0.1, 0.15) is 57.7 Å². The molecule has 0 amide bonds. The number of aryl methyl sites for hydroxylation is 1. The van der Waals surface area contributed by atoms with E-state index in [0.717, 1.165) is 19.4 Å². The van der Waals surface area contributed by atoms with Crippen LogP contribution in [0.3, 0.4) is 0 Å². The van der Waals surface area contributed by atoms with Gasteiger partial charge in [-0.25, -0.2) is 0 Å². The molecule has 1 aromatic rings. The molecule has 0 saturated carbocycles. The first-order valence-electron chi connectivity index (χ1n) is 7.46. The Bertz CT molecular complexity index is 367. The van der Waals surface area contributed by atoms with E-state index in [1.807, 2.05) is 0 Å². The van der Waals surface area contributed by atoms with Crippen molar-refractivity contribution in [2.75, 3.05) is 13.6 Å². The van der Waals surface area contributed by atoms with E-state index in [1.54, 1.807) is 0 Å². The molecular formula is C17H30N2. The Morgan fingerprint density at radius 2 is 1.74 bits per heavy atom. The predicted molar refractivity (Wildman–Crippen MR) is 84.4 cm³/mol. The Hall–Kier alpha value is -0.860. The molecular weight excluding hydrogens is 232 g/mol. The van der Waals surface area contributed by atoms with E-state index in [-0.39, 0.29) is 11.6 Å². The third-order valence-electron chi connectivity index (χ3n) is 4.32. The molecule has 1 aromatic carbocycles. The molecule has 0 saturated heterocycles. The number of likely N-dealkylation sites (N-methyl/N-ethyl adjacent to an activating group) is 1. The van der Waals surface area contributed by atoms with E-state index in [2.05, 4.69) is 63.9 Å². The summed E-state index contributed by atoms with van der Waals surface area (Å²) in [6.07, 6.45) is 3.47. The van der Waals surface area contributed by atoms with Crippen LogP contribution in [0.5, 0.6) is 0 Å². The third kappa shape index (κ3) is 4.63. The van der Waals surface area contributed by atoms with Gasteiger partial charge in [-0.3, -0.25) is 4.90 Å². The number of nitrogens with two attached hydrogens (primary N) is 1. The van der Waals surface area contributed by atoms with Gasteiger partial charge in [-0.2, -0.15) is 0 Å². The maximum absolute atomic E-state index is 6.33. The molecule has 0 spiro atoms. The van der Waals surface area contributed by atoms with Crippen LogP contribution in [-0.4, -0.2) is 24.0 Å². The minimum atomic E-state index is 0.0894. The summed E-state index contributed by atoms with van der Waals surface area (Å²) in [6, 6.07) is 8.88. The molecule has 2 N–H and O–H groups in total. The zero-order chi connectivity index (χ0) is 14.5. The fraction of sp³-hybridized carbons (Fsp3) is 0.647. The molecule has 0 bridgehead atoms. The van der Waals surface area contributed by atoms with Crippen LogP contribution < -0.4 is 5.73 Å². The minimum absolute atomic E-state index is 0.0894. The number of hydrogen-bond donors (Lipinski definition) is 1. The Morgan fingerprint density at radius 3 is 2.21 bits per heavy atom. The normalized spacial score (nSPS) is 13.8. The molecule has 1 unspecified atom stereocenters. The van der Waals surface area contributed by atoms with Crippen molar-refractivity contribution >= 4 is 0 Å². The SMILES string of the molecule is CCCc1ccc(C(N)CN(C)C(C)(C)CC)cc1. The van der Waals surface area contributed by atoms with Crippen LogP contribution in [0.15, 0.2) is 24.3 Å². The lowest BCUT2D eigenvalue weighted by Crippen LogP contribution is -2.44. The fourth-order valence-corrected chi connectivity index (χ4v) is 2.14. The lowest BCUT2D eigenvalue weighted by molar-refractivity contribution is 0.142. The summed E-state index contributed by atoms with van der Waals surface area (Å²) in [5.74, 6) is 0. The van der Waals surface area contributed by atoms with Gasteiger partial charge in [-0.05, 0) is 44.9 Å². The lowest BCUT2D eigenvalue weighted by Gasteiger charge is -2.36. The summed E-state index contributed by atoms with van der Waals surface area (Å²) < 4.78 is 0. The number of hydrogen-bond acceptors (Lipinski definition) is 2. The topological polar surface area (TPSA) is 29.3 Å². The zero-order valence-electron chi connectivity index (χ0n) is 13.2. The van der Waals surface area contributed by atoms with Crippen molar-refractivity contribution in [3.8, 4) is 0 Å². The maximum Gasteiger partial charge on any atom is 0.0424 e. The van der Waals surface area contributed by atoms with E-state index >= 15 is 0 Å². The second-order valence-corrected chi connectivity index (χ2v) is 6.14. The van der Waals surface area contributed by atoms with Gasteiger partial charge in [0.15, 0.2) is 0 Å². The summed E-state index contributed by atoms with van der Waals surface area (Å²) in [5.41, 5.74) is 9.18. The molecule has 2 heteroatoms. The average Bonchev–Trinajstić information content (AvgIpc) is 2.39. The molecule has 0 aliphatic rings. The van der Waals surface area contributed by atoms with E-state index < -0.39 is 0 Å². The van der Waals surface area contributed by atoms with Crippen molar-refractivity contribution in [1.29, 1.82) is 0 Å². The highest BCUT2D eigenvalue weighted by atomic mass is 15.2. The third-order valence-corrected chi connectivity index (χ3v) is 4.32. The van der Waals surface area contributed by atoms with Crippen LogP contribution in [0.2, 0.25) is 0 Å². The fourth-order valence-electron chi connectivity index (χ4n) is 2.14. The van der Waals surface area contributed by atoms with E-state index in [4.69, 9.17) is 5.73 Å². The lowest BCUT2D eigenvalue weighted by atomic mass is 9.97. The van der Waals surface area contributed by atoms with Crippen LogP contribution >= 0.6 is 0 Å². The number of benzene rings is 1. The predicted octanol–water partition coefficient (Wildman–Crippen LogP) is 3.76. The highest BCUT2D eigenvalue weighted by Crippen LogP contribution is 2.20. The van der Waals surface area contributed by atoms with Gasteiger partial charge in [0.1, 0.15) is 0 Å². The molecule has 0 aromatic heterocycles. The zero-order valence-corrected chi connectivity index (χ0v) is 13.2. The van der Waals surface area contributed by atoms with Gasteiger partial charge >= 0.3 is 0 Å². The Morgan fingerprint density at radius 1 is 1.16 bits per heavy atom. The van der Waals surface area contributed by atoms with Gasteiger partial charge in [0.2, 0.25) is 0 Å². The van der Waals surface area contributed by atoms with Gasteiger partial charge in [0.05, 0.1) is 0 Å². The second kappa shape index (κ2) is 7.06. The maximum atomic E-state index is 6.33. The quantitative estimate of drug-likeness (QED) is 0.810. The largest absolute Gasteiger partial charge is 0.323 e.